The maximum absolute atomic E-state index is 12.6. The lowest BCUT2D eigenvalue weighted by molar-refractivity contribution is -0.143. The van der Waals surface area contributed by atoms with Crippen molar-refractivity contribution in [1.82, 2.24) is 5.32 Å². The zero-order valence-electron chi connectivity index (χ0n) is 60.2. The SMILES string of the molecule is CCCCC/C=C\CCCCCCCC(=O)OCCCCCCCCCCCCC/C=C\C/C=C\CCCCCCCCCCCCCCCCCCCC(=O)NC(CO)C(O)/C=C/CCCCCCCCCCCCCCCCCCCCCCCCC. The van der Waals surface area contributed by atoms with Crippen molar-refractivity contribution in [3.05, 3.63) is 48.6 Å². The molecule has 2 atom stereocenters. The van der Waals surface area contributed by atoms with Gasteiger partial charge >= 0.3 is 5.97 Å². The van der Waals surface area contributed by atoms with Crippen molar-refractivity contribution < 1.29 is 24.5 Å². The molecule has 0 bridgehead atoms. The lowest BCUT2D eigenvalue weighted by Crippen LogP contribution is -2.45. The summed E-state index contributed by atoms with van der Waals surface area (Å²) in [5, 5.41) is 23.3. The molecule has 1 amide bonds. The second-order valence-corrected chi connectivity index (χ2v) is 27.7. The first-order chi connectivity index (χ1) is 44.0. The van der Waals surface area contributed by atoms with E-state index in [9.17, 15) is 19.8 Å². The van der Waals surface area contributed by atoms with Gasteiger partial charge in [0.25, 0.3) is 0 Å². The van der Waals surface area contributed by atoms with Gasteiger partial charge in [-0.25, -0.2) is 0 Å². The summed E-state index contributed by atoms with van der Waals surface area (Å²) in [4.78, 5) is 24.6. The van der Waals surface area contributed by atoms with Gasteiger partial charge in [-0.3, -0.25) is 9.59 Å². The number of carbonyl (C=O) groups is 2. The van der Waals surface area contributed by atoms with Crippen LogP contribution in [0.5, 0.6) is 0 Å². The van der Waals surface area contributed by atoms with E-state index in [1.165, 1.54) is 366 Å². The van der Waals surface area contributed by atoms with Crippen LogP contribution in [0, 0.1) is 0 Å². The number of unbranched alkanes of at least 4 members (excludes halogenated alkanes) is 59. The van der Waals surface area contributed by atoms with Crippen molar-refractivity contribution in [2.75, 3.05) is 13.2 Å². The van der Waals surface area contributed by atoms with Crippen LogP contribution in [0.1, 0.15) is 444 Å². The highest BCUT2D eigenvalue weighted by atomic mass is 16.5. The normalized spacial score (nSPS) is 12.7. The van der Waals surface area contributed by atoms with E-state index in [-0.39, 0.29) is 18.5 Å². The predicted octanol–water partition coefficient (Wildman–Crippen LogP) is 26.8. The van der Waals surface area contributed by atoms with Gasteiger partial charge in [-0.2, -0.15) is 0 Å². The van der Waals surface area contributed by atoms with Crippen LogP contribution in [0.3, 0.4) is 0 Å². The van der Waals surface area contributed by atoms with E-state index in [1.54, 1.807) is 6.08 Å². The number of ether oxygens (including phenoxy) is 1. The topological polar surface area (TPSA) is 95.9 Å². The van der Waals surface area contributed by atoms with E-state index in [0.717, 1.165) is 51.4 Å². The van der Waals surface area contributed by atoms with Gasteiger partial charge in [-0.15, -0.1) is 0 Å². The largest absolute Gasteiger partial charge is 0.466 e. The highest BCUT2D eigenvalue weighted by Crippen LogP contribution is 2.19. The highest BCUT2D eigenvalue weighted by molar-refractivity contribution is 5.76. The smallest absolute Gasteiger partial charge is 0.305 e. The van der Waals surface area contributed by atoms with E-state index >= 15 is 0 Å². The van der Waals surface area contributed by atoms with Crippen molar-refractivity contribution in [2.24, 2.45) is 0 Å². The van der Waals surface area contributed by atoms with E-state index in [0.29, 0.717) is 19.4 Å². The summed E-state index contributed by atoms with van der Waals surface area (Å²) >= 11 is 0. The maximum Gasteiger partial charge on any atom is 0.305 e. The molecule has 0 aliphatic rings. The van der Waals surface area contributed by atoms with Gasteiger partial charge in [0.05, 0.1) is 25.4 Å². The minimum Gasteiger partial charge on any atom is -0.466 e. The fourth-order valence-electron chi connectivity index (χ4n) is 12.7. The molecule has 0 rings (SSSR count). The van der Waals surface area contributed by atoms with Crippen molar-refractivity contribution in [2.45, 2.75) is 456 Å². The third kappa shape index (κ3) is 74.7. The summed E-state index contributed by atoms with van der Waals surface area (Å²) in [5.74, 6) is -0.0540. The number of amides is 1. The van der Waals surface area contributed by atoms with Crippen LogP contribution in [0.2, 0.25) is 0 Å². The molecular weight excluding hydrogens is 1090 g/mol. The van der Waals surface area contributed by atoms with Crippen LogP contribution in [-0.2, 0) is 14.3 Å². The lowest BCUT2D eigenvalue weighted by Gasteiger charge is -2.20. The fourth-order valence-corrected chi connectivity index (χ4v) is 12.7. The van der Waals surface area contributed by atoms with E-state index in [1.807, 2.05) is 6.08 Å². The van der Waals surface area contributed by atoms with Crippen molar-refractivity contribution >= 4 is 11.9 Å². The standard InChI is InChI=1S/C83H157NO5/c1-3-5-7-9-11-13-15-17-18-19-20-21-22-34-37-40-43-46-49-52-55-59-63-67-71-75-81(86)80(79-85)84-82(87)76-72-68-64-60-56-53-50-47-44-41-38-35-32-30-28-26-24-23-25-27-29-31-33-36-39-42-45-48-51-54-58-62-66-70-74-78-89-83(88)77-73-69-65-61-57-16-14-12-10-8-6-4-2/h12,14,25,27,31,33,71,75,80-81,85-86H,3-11,13,15-24,26,28-30,32,34-70,72-74,76-79H2,1-2H3,(H,84,87)/b14-12-,27-25-,33-31-,75-71+. The molecule has 89 heavy (non-hydrogen) atoms. The van der Waals surface area contributed by atoms with Gasteiger partial charge in [0, 0.05) is 12.8 Å². The molecule has 0 spiro atoms. The molecule has 6 nitrogen and oxygen atoms in total. The molecule has 0 aliphatic heterocycles. The van der Waals surface area contributed by atoms with Crippen LogP contribution in [0.25, 0.3) is 0 Å². The number of aliphatic hydroxyl groups excluding tert-OH is 2. The lowest BCUT2D eigenvalue weighted by atomic mass is 10.0. The summed E-state index contributed by atoms with van der Waals surface area (Å²) in [5.41, 5.74) is 0. The van der Waals surface area contributed by atoms with Gasteiger partial charge in [-0.1, -0.05) is 390 Å². The molecule has 0 radical (unpaired) electrons. The third-order valence-electron chi connectivity index (χ3n) is 18.8. The summed E-state index contributed by atoms with van der Waals surface area (Å²) < 4.78 is 5.48. The van der Waals surface area contributed by atoms with Gasteiger partial charge in [0.1, 0.15) is 0 Å². The molecule has 0 aliphatic carbocycles. The number of esters is 1. The second-order valence-electron chi connectivity index (χ2n) is 27.7. The minimum atomic E-state index is -0.845. The highest BCUT2D eigenvalue weighted by Gasteiger charge is 2.18. The maximum atomic E-state index is 12.6. The summed E-state index contributed by atoms with van der Waals surface area (Å²) in [6.45, 7) is 4.92. The molecule has 0 saturated heterocycles. The molecule has 0 aromatic rings. The monoisotopic (exact) mass is 1250 g/mol. The zero-order chi connectivity index (χ0) is 64.2. The molecular formula is C83H157NO5. The average molecular weight is 1250 g/mol. The molecule has 0 aromatic heterocycles. The Bertz CT molecular complexity index is 1490. The van der Waals surface area contributed by atoms with Gasteiger partial charge in [-0.05, 0) is 89.9 Å². The third-order valence-corrected chi connectivity index (χ3v) is 18.8. The fraction of sp³-hybridized carbons (Fsp3) is 0.880. The van der Waals surface area contributed by atoms with E-state index in [2.05, 4.69) is 55.6 Å². The Labute approximate surface area is 556 Å². The predicted molar refractivity (Wildman–Crippen MR) is 393 cm³/mol. The number of hydrogen-bond acceptors (Lipinski definition) is 5. The molecule has 0 aromatic carbocycles. The zero-order valence-corrected chi connectivity index (χ0v) is 60.2. The Morgan fingerprint density at radius 3 is 0.888 bits per heavy atom. The number of nitrogens with one attached hydrogen (secondary N) is 1. The Morgan fingerprint density at radius 1 is 0.315 bits per heavy atom. The first-order valence-electron chi connectivity index (χ1n) is 40.4. The summed E-state index contributed by atoms with van der Waals surface area (Å²) in [6.07, 6.45) is 104. The van der Waals surface area contributed by atoms with Crippen LogP contribution in [0.15, 0.2) is 48.6 Å². The number of aliphatic hydroxyl groups is 2. The molecule has 0 fully saturated rings. The van der Waals surface area contributed by atoms with Crippen molar-refractivity contribution in [3.63, 3.8) is 0 Å². The first-order valence-corrected chi connectivity index (χ1v) is 40.4. The molecule has 0 saturated carbocycles. The number of carbonyl (C=O) groups excluding carboxylic acids is 2. The Kier molecular flexibility index (Phi) is 76.3. The minimum absolute atomic E-state index is 0.00680. The average Bonchev–Trinajstić information content (AvgIpc) is 3.65. The number of hydrogen-bond donors (Lipinski definition) is 3. The van der Waals surface area contributed by atoms with Crippen LogP contribution in [0.4, 0.5) is 0 Å². The quantitative estimate of drug-likeness (QED) is 0.0320. The van der Waals surface area contributed by atoms with Crippen LogP contribution < -0.4 is 5.32 Å². The second kappa shape index (κ2) is 78.3. The molecule has 0 heterocycles. The van der Waals surface area contributed by atoms with Crippen LogP contribution in [-0.4, -0.2) is 47.4 Å². The molecule has 524 valence electrons. The number of rotatable bonds is 76. The van der Waals surface area contributed by atoms with E-state index < -0.39 is 12.1 Å². The Balaban J connectivity index is 3.40. The summed E-state index contributed by atoms with van der Waals surface area (Å²) in [7, 11) is 0. The van der Waals surface area contributed by atoms with E-state index in [4.69, 9.17) is 4.74 Å². The van der Waals surface area contributed by atoms with Crippen LogP contribution >= 0.6 is 0 Å². The van der Waals surface area contributed by atoms with Gasteiger partial charge < -0.3 is 20.3 Å². The number of allylic oxidation sites excluding steroid dienone is 7. The summed E-state index contributed by atoms with van der Waals surface area (Å²) in [6, 6.07) is -0.628. The molecule has 2 unspecified atom stereocenters. The Hall–Kier alpha value is -2.18. The van der Waals surface area contributed by atoms with Gasteiger partial charge in [0.15, 0.2) is 0 Å². The first kappa shape index (κ1) is 86.8. The molecule has 3 N–H and O–H groups in total. The molecule has 6 heteroatoms. The Morgan fingerprint density at radius 2 is 0.562 bits per heavy atom. The van der Waals surface area contributed by atoms with Crippen molar-refractivity contribution in [1.29, 1.82) is 0 Å². The van der Waals surface area contributed by atoms with Gasteiger partial charge in [0.2, 0.25) is 5.91 Å². The van der Waals surface area contributed by atoms with Crippen molar-refractivity contribution in [3.8, 4) is 0 Å².